The highest BCUT2D eigenvalue weighted by molar-refractivity contribution is 7.92. The smallest absolute Gasteiger partial charge is 0.245 e. The summed E-state index contributed by atoms with van der Waals surface area (Å²) in [4.78, 5) is 40.6. The van der Waals surface area contributed by atoms with Gasteiger partial charge in [0.2, 0.25) is 5.91 Å². The number of Topliss-reactive ketones (excluding diaryl/α,β-unsaturated/α-hetero) is 2. The summed E-state index contributed by atoms with van der Waals surface area (Å²) in [5.74, 6) is -2.36. The quantitative estimate of drug-likeness (QED) is 0.500. The van der Waals surface area contributed by atoms with Gasteiger partial charge in [0, 0.05) is 13.5 Å². The summed E-state index contributed by atoms with van der Waals surface area (Å²) in [5.41, 5.74) is 0.0504. The van der Waals surface area contributed by atoms with E-state index in [1.165, 1.54) is 20.1 Å². The van der Waals surface area contributed by atoms with Crippen LogP contribution in [0.25, 0.3) is 10.2 Å². The first-order valence-corrected chi connectivity index (χ1v) is 12.3. The third-order valence-corrected chi connectivity index (χ3v) is 8.06. The number of hydrogen-bond acceptors (Lipinski definition) is 8. The number of amides is 1. The minimum absolute atomic E-state index is 0.0571. The lowest BCUT2D eigenvalue weighted by Gasteiger charge is -2.15. The van der Waals surface area contributed by atoms with E-state index >= 15 is 0 Å². The van der Waals surface area contributed by atoms with Crippen LogP contribution in [0.1, 0.15) is 46.8 Å². The lowest BCUT2D eigenvalue weighted by Crippen LogP contribution is -2.38. The van der Waals surface area contributed by atoms with E-state index in [1.54, 1.807) is 0 Å². The number of hydrogen-bond donors (Lipinski definition) is 1. The van der Waals surface area contributed by atoms with Gasteiger partial charge in [0.15, 0.2) is 26.7 Å². The van der Waals surface area contributed by atoms with E-state index in [0.29, 0.717) is 17.0 Å². The summed E-state index contributed by atoms with van der Waals surface area (Å²) in [5, 5.41) is 0.686. The van der Waals surface area contributed by atoms with Crippen LogP contribution in [0.4, 0.5) is 4.39 Å². The molecule has 2 aromatic rings. The van der Waals surface area contributed by atoms with Crippen LogP contribution in [0.2, 0.25) is 0 Å². The Kier molecular flexibility index (Phi) is 7.17. The SMILES string of the molecule is COCCS(=O)(=O)C(C(=O)NCC(=O)CC1CC1)c1nc2cc(C(C)=O)c(F)cc2s1. The van der Waals surface area contributed by atoms with Gasteiger partial charge in [-0.1, -0.05) is 0 Å². The average Bonchev–Trinajstić information content (AvgIpc) is 3.41. The molecule has 1 amide bonds. The number of nitrogens with one attached hydrogen (secondary N) is 1. The van der Waals surface area contributed by atoms with Gasteiger partial charge in [0.25, 0.3) is 0 Å². The van der Waals surface area contributed by atoms with Crippen molar-refractivity contribution in [3.05, 3.63) is 28.5 Å². The third-order valence-electron chi connectivity index (χ3n) is 4.94. The number of carbonyl (C=O) groups is 3. The van der Waals surface area contributed by atoms with Gasteiger partial charge in [0.05, 0.1) is 34.7 Å². The summed E-state index contributed by atoms with van der Waals surface area (Å²) >= 11 is 0.855. The van der Waals surface area contributed by atoms with E-state index in [-0.39, 0.29) is 35.0 Å². The number of thiazole rings is 1. The van der Waals surface area contributed by atoms with Crippen molar-refractivity contribution in [1.82, 2.24) is 10.3 Å². The maximum Gasteiger partial charge on any atom is 0.245 e. The van der Waals surface area contributed by atoms with Crippen LogP contribution in [-0.2, 0) is 24.2 Å². The number of ether oxygens (including phenoxy) is 1. The molecule has 31 heavy (non-hydrogen) atoms. The van der Waals surface area contributed by atoms with E-state index in [1.807, 2.05) is 0 Å². The van der Waals surface area contributed by atoms with E-state index in [0.717, 1.165) is 30.2 Å². The Balaban J connectivity index is 1.92. The molecule has 1 unspecified atom stereocenters. The number of carbonyl (C=O) groups excluding carboxylic acids is 3. The van der Waals surface area contributed by atoms with Gasteiger partial charge in [-0.25, -0.2) is 17.8 Å². The Hall–Kier alpha value is -2.24. The summed E-state index contributed by atoms with van der Waals surface area (Å²) in [6, 6.07) is 2.34. The molecule has 11 heteroatoms. The van der Waals surface area contributed by atoms with Crippen molar-refractivity contribution in [2.75, 3.05) is 26.0 Å². The maximum absolute atomic E-state index is 14.2. The first-order chi connectivity index (χ1) is 14.6. The number of methoxy groups -OCH3 is 1. The number of nitrogens with zero attached hydrogens (tertiary/aromatic N) is 1. The van der Waals surface area contributed by atoms with Gasteiger partial charge in [-0.05, 0) is 37.8 Å². The Morgan fingerprint density at radius 1 is 1.32 bits per heavy atom. The normalized spacial score (nSPS) is 15.1. The van der Waals surface area contributed by atoms with E-state index in [9.17, 15) is 27.2 Å². The van der Waals surface area contributed by atoms with Crippen molar-refractivity contribution in [3.8, 4) is 0 Å². The van der Waals surface area contributed by atoms with Gasteiger partial charge in [-0.2, -0.15) is 0 Å². The molecule has 8 nitrogen and oxygen atoms in total. The molecular weight excluding hydrogens is 447 g/mol. The minimum Gasteiger partial charge on any atom is -0.384 e. The van der Waals surface area contributed by atoms with Crippen LogP contribution in [-0.4, -0.2) is 56.9 Å². The maximum atomic E-state index is 14.2. The summed E-state index contributed by atoms with van der Waals surface area (Å²) in [6.07, 6.45) is 2.33. The number of halogens is 1. The van der Waals surface area contributed by atoms with E-state index in [2.05, 4.69) is 10.3 Å². The first kappa shape index (κ1) is 23.4. The number of rotatable bonds is 11. The first-order valence-electron chi connectivity index (χ1n) is 9.73. The van der Waals surface area contributed by atoms with Crippen molar-refractivity contribution < 1.29 is 31.9 Å². The molecule has 1 aromatic carbocycles. The third kappa shape index (κ3) is 5.72. The van der Waals surface area contributed by atoms with Crippen LogP contribution in [0.15, 0.2) is 12.1 Å². The highest BCUT2D eigenvalue weighted by atomic mass is 32.2. The zero-order valence-corrected chi connectivity index (χ0v) is 18.8. The molecule has 1 atom stereocenters. The number of fused-ring (bicyclic) bond motifs is 1. The average molecular weight is 471 g/mol. The molecule has 1 aromatic heterocycles. The van der Waals surface area contributed by atoms with Gasteiger partial charge < -0.3 is 10.1 Å². The highest BCUT2D eigenvalue weighted by Crippen LogP contribution is 2.34. The van der Waals surface area contributed by atoms with Gasteiger partial charge in [0.1, 0.15) is 10.8 Å². The molecule has 1 saturated carbocycles. The van der Waals surface area contributed by atoms with Crippen molar-refractivity contribution in [2.45, 2.75) is 31.4 Å². The molecule has 1 fully saturated rings. The number of aromatic nitrogens is 1. The lowest BCUT2D eigenvalue weighted by atomic mass is 10.1. The van der Waals surface area contributed by atoms with Crippen molar-refractivity contribution in [3.63, 3.8) is 0 Å². The van der Waals surface area contributed by atoms with Crippen molar-refractivity contribution in [1.29, 1.82) is 0 Å². The monoisotopic (exact) mass is 470 g/mol. The fourth-order valence-corrected chi connectivity index (χ4v) is 6.03. The zero-order valence-electron chi connectivity index (χ0n) is 17.1. The van der Waals surface area contributed by atoms with Crippen LogP contribution >= 0.6 is 11.3 Å². The highest BCUT2D eigenvalue weighted by Gasteiger charge is 2.37. The Morgan fingerprint density at radius 3 is 2.65 bits per heavy atom. The molecule has 0 radical (unpaired) electrons. The van der Waals surface area contributed by atoms with Crippen molar-refractivity contribution in [2.24, 2.45) is 5.92 Å². The van der Waals surface area contributed by atoms with E-state index in [4.69, 9.17) is 4.74 Å². The molecule has 1 N–H and O–H groups in total. The minimum atomic E-state index is -4.04. The summed E-state index contributed by atoms with van der Waals surface area (Å²) in [6.45, 7) is 0.821. The molecule has 0 saturated heterocycles. The number of sulfone groups is 1. The fraction of sp³-hybridized carbons (Fsp3) is 0.500. The predicted molar refractivity (Wildman–Crippen MR) is 113 cm³/mol. The van der Waals surface area contributed by atoms with Crippen LogP contribution < -0.4 is 5.32 Å². The second-order valence-electron chi connectivity index (χ2n) is 7.55. The molecule has 1 aliphatic carbocycles. The Morgan fingerprint density at radius 2 is 2.03 bits per heavy atom. The Labute approximate surface area is 183 Å². The summed E-state index contributed by atoms with van der Waals surface area (Å²) in [7, 11) is -2.70. The van der Waals surface area contributed by atoms with Gasteiger partial charge >= 0.3 is 0 Å². The fourth-order valence-electron chi connectivity index (χ4n) is 3.09. The second-order valence-corrected chi connectivity index (χ2v) is 10.8. The molecule has 1 heterocycles. The Bertz CT molecular complexity index is 1120. The molecule has 0 bridgehead atoms. The zero-order chi connectivity index (χ0) is 22.8. The standard InChI is InChI=1S/C20H23FN2O6S2/c1-11(24)14-8-16-17(9-15(14)21)30-20(23-16)18(31(27,28)6-5-29-2)19(26)22-10-13(25)7-12-3-4-12/h8-9,12,18H,3-7,10H2,1-2H3,(H,22,26). The topological polar surface area (TPSA) is 120 Å². The summed E-state index contributed by atoms with van der Waals surface area (Å²) < 4.78 is 45.1. The van der Waals surface area contributed by atoms with Gasteiger partial charge in [-0.15, -0.1) is 11.3 Å². The number of benzene rings is 1. The molecule has 168 valence electrons. The van der Waals surface area contributed by atoms with E-state index < -0.39 is 38.3 Å². The van der Waals surface area contributed by atoms with Crippen LogP contribution in [0.5, 0.6) is 0 Å². The predicted octanol–water partition coefficient (Wildman–Crippen LogP) is 2.23. The second kappa shape index (κ2) is 9.49. The van der Waals surface area contributed by atoms with Gasteiger partial charge in [-0.3, -0.25) is 14.4 Å². The molecule has 3 rings (SSSR count). The van der Waals surface area contributed by atoms with Crippen LogP contribution in [0, 0.1) is 11.7 Å². The molecule has 1 aliphatic rings. The van der Waals surface area contributed by atoms with Crippen LogP contribution in [0.3, 0.4) is 0 Å². The van der Waals surface area contributed by atoms with Crippen molar-refractivity contribution >= 4 is 48.9 Å². The molecule has 0 spiro atoms. The molecule has 0 aliphatic heterocycles. The number of ketones is 2. The lowest BCUT2D eigenvalue weighted by molar-refractivity contribution is -0.125. The largest absolute Gasteiger partial charge is 0.384 e. The molecular formula is C20H23FN2O6S2.